The second kappa shape index (κ2) is 9.86. The van der Waals surface area contributed by atoms with Crippen molar-refractivity contribution in [1.82, 2.24) is 19.9 Å². The van der Waals surface area contributed by atoms with Crippen molar-refractivity contribution in [2.45, 2.75) is 25.8 Å². The van der Waals surface area contributed by atoms with Gasteiger partial charge in [0.05, 0.1) is 13.7 Å². The number of thiophene rings is 1. The van der Waals surface area contributed by atoms with E-state index in [4.69, 9.17) is 9.26 Å². The minimum absolute atomic E-state index is 0.255. The topological polar surface area (TPSA) is 71.7 Å². The molecule has 0 aliphatic carbocycles. The van der Waals surface area contributed by atoms with Crippen LogP contribution in [0.1, 0.15) is 23.6 Å². The lowest BCUT2D eigenvalue weighted by molar-refractivity contribution is -0.133. The van der Waals surface area contributed by atoms with Crippen molar-refractivity contribution < 1.29 is 14.1 Å². The number of aryl methyl sites for hydroxylation is 1. The van der Waals surface area contributed by atoms with Gasteiger partial charge in [-0.3, -0.25) is 9.69 Å². The van der Waals surface area contributed by atoms with E-state index >= 15 is 0 Å². The monoisotopic (exact) mass is 426 g/mol. The van der Waals surface area contributed by atoms with E-state index in [1.54, 1.807) is 18.4 Å². The van der Waals surface area contributed by atoms with Crippen molar-refractivity contribution in [1.29, 1.82) is 0 Å². The number of amides is 1. The number of nitrogens with zero attached hydrogens (tertiary/aromatic N) is 4. The van der Waals surface area contributed by atoms with Crippen LogP contribution >= 0.6 is 11.3 Å². The number of hydrogen-bond donors (Lipinski definition) is 0. The molecule has 0 radical (unpaired) electrons. The number of rotatable bonds is 8. The number of piperazine rings is 1. The van der Waals surface area contributed by atoms with Gasteiger partial charge < -0.3 is 14.2 Å². The van der Waals surface area contributed by atoms with E-state index in [0.717, 1.165) is 50.3 Å². The Morgan fingerprint density at radius 1 is 1.17 bits per heavy atom. The zero-order valence-corrected chi connectivity index (χ0v) is 17.9. The Morgan fingerprint density at radius 2 is 1.97 bits per heavy atom. The Kier molecular flexibility index (Phi) is 6.76. The minimum Gasteiger partial charge on any atom is -0.497 e. The molecule has 0 saturated carbocycles. The molecule has 1 saturated heterocycles. The van der Waals surface area contributed by atoms with Crippen LogP contribution in [0.2, 0.25) is 0 Å². The van der Waals surface area contributed by atoms with Gasteiger partial charge in [-0.25, -0.2) is 0 Å². The lowest BCUT2D eigenvalue weighted by Gasteiger charge is -2.34. The van der Waals surface area contributed by atoms with Crippen LogP contribution in [0.5, 0.6) is 5.75 Å². The summed E-state index contributed by atoms with van der Waals surface area (Å²) in [7, 11) is 1.64. The number of carbonyl (C=O) groups excluding carboxylic acids is 1. The fourth-order valence-electron chi connectivity index (χ4n) is 3.55. The van der Waals surface area contributed by atoms with Gasteiger partial charge in [-0.15, -0.1) is 11.3 Å². The number of ether oxygens (including phenoxy) is 1. The number of hydrogen-bond acceptors (Lipinski definition) is 7. The first kappa shape index (κ1) is 20.6. The summed E-state index contributed by atoms with van der Waals surface area (Å²) in [4.78, 5) is 22.5. The predicted octanol–water partition coefficient (Wildman–Crippen LogP) is 3.47. The van der Waals surface area contributed by atoms with Crippen molar-refractivity contribution in [2.24, 2.45) is 0 Å². The summed E-state index contributed by atoms with van der Waals surface area (Å²) in [5.41, 5.74) is 0.892. The van der Waals surface area contributed by atoms with E-state index in [2.05, 4.69) is 32.6 Å². The second-order valence-corrected chi connectivity index (χ2v) is 8.36. The minimum atomic E-state index is 0.255. The Hall–Kier alpha value is -2.71. The maximum absolute atomic E-state index is 12.5. The van der Waals surface area contributed by atoms with Crippen LogP contribution in [-0.4, -0.2) is 59.1 Å². The van der Waals surface area contributed by atoms with Crippen molar-refractivity contribution in [3.05, 3.63) is 52.5 Å². The van der Waals surface area contributed by atoms with Gasteiger partial charge in [0.15, 0.2) is 0 Å². The molecule has 1 aliphatic heterocycles. The Balaban J connectivity index is 1.22. The van der Waals surface area contributed by atoms with Crippen LogP contribution in [0.4, 0.5) is 0 Å². The third-order valence-corrected chi connectivity index (χ3v) is 6.23. The molecule has 1 fully saturated rings. The number of benzene rings is 1. The van der Waals surface area contributed by atoms with E-state index in [1.165, 1.54) is 4.88 Å². The zero-order chi connectivity index (χ0) is 20.8. The van der Waals surface area contributed by atoms with Crippen molar-refractivity contribution in [3.63, 3.8) is 0 Å². The lowest BCUT2D eigenvalue weighted by atomic mass is 10.2. The van der Waals surface area contributed by atoms with Crippen molar-refractivity contribution in [2.75, 3.05) is 33.3 Å². The Morgan fingerprint density at radius 3 is 2.67 bits per heavy atom. The third-order valence-electron chi connectivity index (χ3n) is 5.29. The molecule has 3 aromatic rings. The summed E-state index contributed by atoms with van der Waals surface area (Å²) in [6.07, 6.45) is 2.51. The summed E-state index contributed by atoms with van der Waals surface area (Å²) >= 11 is 1.76. The number of aromatic nitrogens is 2. The molecule has 0 spiro atoms. The first-order valence-corrected chi connectivity index (χ1v) is 11.1. The molecule has 0 unspecified atom stereocenters. The average Bonchev–Trinajstić information content (AvgIpc) is 3.47. The van der Waals surface area contributed by atoms with E-state index in [1.807, 2.05) is 29.2 Å². The highest BCUT2D eigenvalue weighted by Gasteiger charge is 2.22. The van der Waals surface area contributed by atoms with Gasteiger partial charge in [-0.1, -0.05) is 11.2 Å². The van der Waals surface area contributed by atoms with Crippen LogP contribution in [0.3, 0.4) is 0 Å². The molecule has 0 atom stereocenters. The van der Waals surface area contributed by atoms with Gasteiger partial charge >= 0.3 is 0 Å². The molecule has 0 N–H and O–H groups in total. The first-order valence-electron chi connectivity index (χ1n) is 10.2. The highest BCUT2D eigenvalue weighted by molar-refractivity contribution is 7.09. The maximum Gasteiger partial charge on any atom is 0.241 e. The van der Waals surface area contributed by atoms with Crippen LogP contribution in [0, 0.1) is 0 Å². The summed E-state index contributed by atoms with van der Waals surface area (Å²) in [5, 5.41) is 6.17. The molecular weight excluding hydrogens is 400 g/mol. The van der Waals surface area contributed by atoms with E-state index in [0.29, 0.717) is 24.7 Å². The molecule has 30 heavy (non-hydrogen) atoms. The van der Waals surface area contributed by atoms with Crippen LogP contribution in [-0.2, 0) is 17.8 Å². The predicted molar refractivity (Wildman–Crippen MR) is 115 cm³/mol. The third kappa shape index (κ3) is 5.25. The smallest absolute Gasteiger partial charge is 0.241 e. The van der Waals surface area contributed by atoms with Gasteiger partial charge in [0.25, 0.3) is 0 Å². The molecule has 7 nitrogen and oxygen atoms in total. The van der Waals surface area contributed by atoms with E-state index < -0.39 is 0 Å². The molecule has 1 aromatic carbocycles. The van der Waals surface area contributed by atoms with Crippen LogP contribution < -0.4 is 4.74 Å². The molecule has 158 valence electrons. The largest absolute Gasteiger partial charge is 0.497 e. The SMILES string of the molecule is COc1ccc(-c2noc(CN3CCN(C(=O)CCCc4cccs4)CC3)n2)cc1. The summed E-state index contributed by atoms with van der Waals surface area (Å²) in [6, 6.07) is 11.8. The fraction of sp³-hybridized carbons (Fsp3) is 0.409. The van der Waals surface area contributed by atoms with Gasteiger partial charge in [0.1, 0.15) is 5.75 Å². The van der Waals surface area contributed by atoms with Crippen LogP contribution in [0.15, 0.2) is 46.3 Å². The average molecular weight is 427 g/mol. The fourth-order valence-corrected chi connectivity index (χ4v) is 4.30. The molecular formula is C22H26N4O3S. The molecule has 4 rings (SSSR count). The molecule has 8 heteroatoms. The molecule has 2 aromatic heterocycles. The van der Waals surface area contributed by atoms with Crippen molar-refractivity contribution >= 4 is 17.2 Å². The Labute approximate surface area is 180 Å². The normalized spacial score (nSPS) is 14.8. The standard InChI is InChI=1S/C22H26N4O3S/c1-28-18-9-7-17(8-10-18)22-23-20(29-24-22)16-25-11-13-26(14-12-25)21(27)6-2-4-19-5-3-15-30-19/h3,5,7-10,15H,2,4,6,11-14,16H2,1H3. The van der Waals surface area contributed by atoms with Gasteiger partial charge in [-0.2, -0.15) is 4.98 Å². The van der Waals surface area contributed by atoms with Gasteiger partial charge in [-0.05, 0) is 48.6 Å². The summed E-state index contributed by atoms with van der Waals surface area (Å²) in [5.74, 6) is 2.22. The zero-order valence-electron chi connectivity index (χ0n) is 17.1. The lowest BCUT2D eigenvalue weighted by Crippen LogP contribution is -2.48. The number of carbonyl (C=O) groups is 1. The van der Waals surface area contributed by atoms with Gasteiger partial charge in [0, 0.05) is 43.0 Å². The maximum atomic E-state index is 12.5. The van der Waals surface area contributed by atoms with Crippen LogP contribution in [0.25, 0.3) is 11.4 Å². The van der Waals surface area contributed by atoms with E-state index in [-0.39, 0.29) is 5.91 Å². The summed E-state index contributed by atoms with van der Waals surface area (Å²) in [6.45, 7) is 3.73. The second-order valence-electron chi connectivity index (χ2n) is 7.33. The number of methoxy groups -OCH3 is 1. The van der Waals surface area contributed by atoms with E-state index in [9.17, 15) is 4.79 Å². The highest BCUT2D eigenvalue weighted by atomic mass is 32.1. The molecule has 0 bridgehead atoms. The van der Waals surface area contributed by atoms with Crippen molar-refractivity contribution in [3.8, 4) is 17.1 Å². The Bertz CT molecular complexity index is 932. The molecule has 1 amide bonds. The summed E-state index contributed by atoms with van der Waals surface area (Å²) < 4.78 is 10.6. The highest BCUT2D eigenvalue weighted by Crippen LogP contribution is 2.20. The quantitative estimate of drug-likeness (QED) is 0.549. The first-order chi connectivity index (χ1) is 14.7. The molecule has 1 aliphatic rings. The molecule has 3 heterocycles. The van der Waals surface area contributed by atoms with Gasteiger partial charge in [0.2, 0.25) is 17.6 Å².